The van der Waals surface area contributed by atoms with Crippen molar-refractivity contribution in [1.82, 2.24) is 9.29 Å². The number of nitrogens with one attached hydrogen (secondary N) is 1. The van der Waals surface area contributed by atoms with E-state index in [0.717, 1.165) is 15.3 Å². The first-order valence-corrected chi connectivity index (χ1v) is 6.90. The van der Waals surface area contributed by atoms with Crippen molar-refractivity contribution in [2.24, 2.45) is 0 Å². The van der Waals surface area contributed by atoms with Crippen LogP contribution in [0.25, 0.3) is 10.9 Å². The molecule has 96 valence electrons. The normalized spacial score (nSPS) is 12.0. The van der Waals surface area contributed by atoms with E-state index in [2.05, 4.69) is 9.71 Å². The van der Waals surface area contributed by atoms with E-state index in [1.165, 1.54) is 14.1 Å². The third-order valence-corrected chi connectivity index (χ3v) is 4.01. The van der Waals surface area contributed by atoms with E-state index < -0.39 is 10.2 Å². The predicted molar refractivity (Wildman–Crippen MR) is 72.7 cm³/mol. The number of nitrogens with zero attached hydrogens (tertiary/aromatic N) is 2. The summed E-state index contributed by atoms with van der Waals surface area (Å²) >= 11 is 0. The van der Waals surface area contributed by atoms with Crippen molar-refractivity contribution in [3.05, 3.63) is 36.0 Å². The van der Waals surface area contributed by atoms with Crippen LogP contribution < -0.4 is 4.72 Å². The van der Waals surface area contributed by atoms with Gasteiger partial charge in [-0.1, -0.05) is 6.07 Å². The van der Waals surface area contributed by atoms with Crippen molar-refractivity contribution in [1.29, 1.82) is 0 Å². The molecule has 0 amide bonds. The number of aromatic nitrogens is 1. The van der Waals surface area contributed by atoms with Gasteiger partial charge in [-0.3, -0.25) is 9.71 Å². The molecule has 0 unspecified atom stereocenters. The summed E-state index contributed by atoms with van der Waals surface area (Å²) in [6.45, 7) is 1.92. The van der Waals surface area contributed by atoms with Gasteiger partial charge in [0, 0.05) is 25.7 Å². The summed E-state index contributed by atoms with van der Waals surface area (Å²) in [5, 5.41) is 0.911. The van der Waals surface area contributed by atoms with Crippen molar-refractivity contribution in [3.63, 3.8) is 0 Å². The maximum Gasteiger partial charge on any atom is 0.301 e. The fraction of sp³-hybridized carbons (Fsp3) is 0.250. The summed E-state index contributed by atoms with van der Waals surface area (Å²) < 4.78 is 27.3. The Labute approximate surface area is 107 Å². The van der Waals surface area contributed by atoms with E-state index in [1.54, 1.807) is 12.3 Å². The van der Waals surface area contributed by atoms with Crippen molar-refractivity contribution in [2.75, 3.05) is 18.8 Å². The molecule has 1 aromatic heterocycles. The fourth-order valence-electron chi connectivity index (χ4n) is 1.65. The molecule has 0 atom stereocenters. The molecule has 0 saturated carbocycles. The van der Waals surface area contributed by atoms with E-state index in [1.807, 2.05) is 25.1 Å². The number of pyridine rings is 1. The van der Waals surface area contributed by atoms with Crippen LogP contribution in [0.3, 0.4) is 0 Å². The van der Waals surface area contributed by atoms with Gasteiger partial charge in [0.15, 0.2) is 0 Å². The highest BCUT2D eigenvalue weighted by Crippen LogP contribution is 2.24. The molecule has 1 N–H and O–H groups in total. The Morgan fingerprint density at radius 2 is 2.00 bits per heavy atom. The zero-order valence-corrected chi connectivity index (χ0v) is 11.3. The lowest BCUT2D eigenvalue weighted by atomic mass is 10.1. The minimum absolute atomic E-state index is 0.499. The predicted octanol–water partition coefficient (Wildman–Crippen LogP) is 1.76. The summed E-state index contributed by atoms with van der Waals surface area (Å²) in [5.41, 5.74) is 2.12. The Balaban J connectivity index is 2.58. The van der Waals surface area contributed by atoms with E-state index in [-0.39, 0.29) is 0 Å². The lowest BCUT2D eigenvalue weighted by molar-refractivity contribution is 0.527. The van der Waals surface area contributed by atoms with Gasteiger partial charge in [-0.2, -0.15) is 12.7 Å². The third-order valence-electron chi connectivity index (χ3n) is 2.57. The Morgan fingerprint density at radius 1 is 1.28 bits per heavy atom. The highest BCUT2D eigenvalue weighted by atomic mass is 32.2. The van der Waals surface area contributed by atoms with Crippen molar-refractivity contribution < 1.29 is 8.42 Å². The highest BCUT2D eigenvalue weighted by molar-refractivity contribution is 7.90. The summed E-state index contributed by atoms with van der Waals surface area (Å²) in [7, 11) is -0.556. The number of benzene rings is 1. The SMILES string of the molecule is Cc1cc(NS(=O)(=O)N(C)C)c2ncccc2c1. The Kier molecular flexibility index (Phi) is 3.23. The van der Waals surface area contributed by atoms with Gasteiger partial charge in [0.05, 0.1) is 11.2 Å². The van der Waals surface area contributed by atoms with Gasteiger partial charge in [0.25, 0.3) is 0 Å². The standard InChI is InChI=1S/C12H15N3O2S/c1-9-7-10-5-4-6-13-12(10)11(8-9)14-18(16,17)15(2)3/h4-8,14H,1-3H3. The number of anilines is 1. The van der Waals surface area contributed by atoms with Crippen LogP contribution in [0.1, 0.15) is 5.56 Å². The van der Waals surface area contributed by atoms with Crippen LogP contribution in [0, 0.1) is 6.92 Å². The molecule has 0 aliphatic carbocycles. The molecule has 6 heteroatoms. The van der Waals surface area contributed by atoms with Crippen LogP contribution in [-0.2, 0) is 10.2 Å². The summed E-state index contributed by atoms with van der Waals surface area (Å²) in [5.74, 6) is 0. The molecule has 0 bridgehead atoms. The second kappa shape index (κ2) is 4.55. The van der Waals surface area contributed by atoms with Gasteiger partial charge in [0.2, 0.25) is 0 Å². The van der Waals surface area contributed by atoms with Crippen molar-refractivity contribution in [2.45, 2.75) is 6.92 Å². The molecule has 2 rings (SSSR count). The van der Waals surface area contributed by atoms with Gasteiger partial charge < -0.3 is 0 Å². The third kappa shape index (κ3) is 2.44. The minimum atomic E-state index is -3.52. The average molecular weight is 265 g/mol. The number of rotatable bonds is 3. The minimum Gasteiger partial charge on any atom is -0.269 e. The Morgan fingerprint density at radius 3 is 2.67 bits per heavy atom. The molecular weight excluding hydrogens is 250 g/mol. The second-order valence-electron chi connectivity index (χ2n) is 4.28. The van der Waals surface area contributed by atoms with E-state index in [4.69, 9.17) is 0 Å². The molecule has 0 radical (unpaired) electrons. The zero-order valence-electron chi connectivity index (χ0n) is 10.5. The lowest BCUT2D eigenvalue weighted by Gasteiger charge is -2.15. The molecule has 0 fully saturated rings. The highest BCUT2D eigenvalue weighted by Gasteiger charge is 2.15. The van der Waals surface area contributed by atoms with E-state index in [9.17, 15) is 8.42 Å². The van der Waals surface area contributed by atoms with Gasteiger partial charge in [0.1, 0.15) is 0 Å². The monoisotopic (exact) mass is 265 g/mol. The molecule has 18 heavy (non-hydrogen) atoms. The Bertz CT molecular complexity index is 681. The quantitative estimate of drug-likeness (QED) is 0.919. The first-order valence-electron chi connectivity index (χ1n) is 5.46. The molecular formula is C12H15N3O2S. The zero-order chi connectivity index (χ0) is 13.3. The first kappa shape index (κ1) is 12.8. The lowest BCUT2D eigenvalue weighted by Crippen LogP contribution is -2.29. The largest absolute Gasteiger partial charge is 0.301 e. The maximum absolute atomic E-state index is 11.8. The average Bonchev–Trinajstić information content (AvgIpc) is 2.28. The molecule has 1 heterocycles. The molecule has 0 spiro atoms. The van der Waals surface area contributed by atoms with Gasteiger partial charge in [-0.05, 0) is 30.7 Å². The first-order chi connectivity index (χ1) is 8.40. The number of hydrogen-bond acceptors (Lipinski definition) is 3. The topological polar surface area (TPSA) is 62.3 Å². The molecule has 2 aromatic rings. The number of hydrogen-bond donors (Lipinski definition) is 1. The molecule has 0 aliphatic heterocycles. The Hall–Kier alpha value is -1.66. The molecule has 0 saturated heterocycles. The van der Waals surface area contributed by atoms with E-state index >= 15 is 0 Å². The van der Waals surface area contributed by atoms with Crippen LogP contribution in [0.15, 0.2) is 30.5 Å². The number of fused-ring (bicyclic) bond motifs is 1. The number of aryl methyl sites for hydroxylation is 1. The fourth-order valence-corrected chi connectivity index (χ4v) is 2.27. The smallest absolute Gasteiger partial charge is 0.269 e. The van der Waals surface area contributed by atoms with Gasteiger partial charge in [-0.15, -0.1) is 0 Å². The maximum atomic E-state index is 11.8. The summed E-state index contributed by atoms with van der Waals surface area (Å²) in [4.78, 5) is 4.22. The second-order valence-corrected chi connectivity index (χ2v) is 6.16. The van der Waals surface area contributed by atoms with Crippen molar-refractivity contribution >= 4 is 26.8 Å². The summed E-state index contributed by atoms with van der Waals surface area (Å²) in [6, 6.07) is 7.47. The molecule has 0 aliphatic rings. The van der Waals surface area contributed by atoms with Crippen LogP contribution >= 0.6 is 0 Å². The van der Waals surface area contributed by atoms with Gasteiger partial charge in [-0.25, -0.2) is 0 Å². The van der Waals surface area contributed by atoms with Crippen LogP contribution in [0.2, 0.25) is 0 Å². The van der Waals surface area contributed by atoms with Crippen LogP contribution in [-0.4, -0.2) is 31.8 Å². The molecule has 1 aromatic carbocycles. The molecule has 5 nitrogen and oxygen atoms in total. The van der Waals surface area contributed by atoms with Crippen LogP contribution in [0.5, 0.6) is 0 Å². The van der Waals surface area contributed by atoms with Crippen molar-refractivity contribution in [3.8, 4) is 0 Å². The van der Waals surface area contributed by atoms with Gasteiger partial charge >= 0.3 is 10.2 Å². The van der Waals surface area contributed by atoms with E-state index in [0.29, 0.717) is 11.2 Å². The van der Waals surface area contributed by atoms with Crippen LogP contribution in [0.4, 0.5) is 5.69 Å². The summed E-state index contributed by atoms with van der Waals surface area (Å²) in [6.07, 6.45) is 1.64.